The molecule has 2 rings (SSSR count). The molecule has 0 saturated heterocycles. The number of aryl methyl sites for hydroxylation is 1. The third-order valence-corrected chi connectivity index (χ3v) is 3.09. The summed E-state index contributed by atoms with van der Waals surface area (Å²) in [7, 11) is 0. The molecule has 0 bridgehead atoms. The minimum atomic E-state index is 0.00772. The van der Waals surface area contributed by atoms with E-state index in [2.05, 4.69) is 5.32 Å². The minimum Gasteiger partial charge on any atom is -0.489 e. The van der Waals surface area contributed by atoms with Gasteiger partial charge in [0, 0.05) is 17.7 Å². The zero-order chi connectivity index (χ0) is 14.4. The second-order valence-electron chi connectivity index (χ2n) is 4.61. The van der Waals surface area contributed by atoms with Gasteiger partial charge in [0.2, 0.25) is 5.91 Å². The van der Waals surface area contributed by atoms with Crippen molar-refractivity contribution in [2.24, 2.45) is 0 Å². The largest absolute Gasteiger partial charge is 0.489 e. The summed E-state index contributed by atoms with van der Waals surface area (Å²) in [4.78, 5) is 11.5. The molecule has 0 fully saturated rings. The predicted octanol–water partition coefficient (Wildman–Crippen LogP) is 3.92. The number of nitrogens with one attached hydrogen (secondary N) is 1. The number of anilines is 1. The standard InChI is InChI=1S/C17H19NO2/c1-3-17(19)18-15-10-6-5-9-14(15)12-20-16-11-7-4-8-13(16)2/h4-11H,3,12H2,1-2H3,(H,18,19). The SMILES string of the molecule is CCC(=O)Nc1ccccc1COc1ccccc1C. The number of carbonyl (C=O) groups is 1. The first-order valence-corrected chi connectivity index (χ1v) is 6.77. The highest BCUT2D eigenvalue weighted by molar-refractivity contribution is 5.91. The lowest BCUT2D eigenvalue weighted by Gasteiger charge is -2.13. The minimum absolute atomic E-state index is 0.00772. The third kappa shape index (κ3) is 3.60. The molecule has 0 aliphatic carbocycles. The van der Waals surface area contributed by atoms with Crippen LogP contribution in [0.2, 0.25) is 0 Å². The van der Waals surface area contributed by atoms with E-state index in [1.165, 1.54) is 0 Å². The van der Waals surface area contributed by atoms with Gasteiger partial charge < -0.3 is 10.1 Å². The Morgan fingerprint density at radius 3 is 2.55 bits per heavy atom. The van der Waals surface area contributed by atoms with Crippen LogP contribution in [-0.2, 0) is 11.4 Å². The molecule has 0 aromatic heterocycles. The number of carbonyl (C=O) groups excluding carboxylic acids is 1. The Bertz CT molecular complexity index is 593. The first-order chi connectivity index (χ1) is 9.70. The van der Waals surface area contributed by atoms with Gasteiger partial charge in [0.05, 0.1) is 0 Å². The summed E-state index contributed by atoms with van der Waals surface area (Å²) < 4.78 is 5.83. The Hall–Kier alpha value is -2.29. The van der Waals surface area contributed by atoms with Crippen LogP contribution in [-0.4, -0.2) is 5.91 Å². The van der Waals surface area contributed by atoms with Crippen LogP contribution in [0.5, 0.6) is 5.75 Å². The maximum atomic E-state index is 11.5. The molecule has 0 heterocycles. The number of amides is 1. The lowest BCUT2D eigenvalue weighted by Crippen LogP contribution is -2.12. The number of benzene rings is 2. The van der Waals surface area contributed by atoms with Crippen LogP contribution in [0.15, 0.2) is 48.5 Å². The molecule has 0 unspecified atom stereocenters. The second kappa shape index (κ2) is 6.75. The Balaban J connectivity index is 2.10. The molecule has 0 aliphatic heterocycles. The summed E-state index contributed by atoms with van der Waals surface area (Å²) >= 11 is 0. The van der Waals surface area contributed by atoms with Gasteiger partial charge in [0.15, 0.2) is 0 Å². The average molecular weight is 269 g/mol. The van der Waals surface area contributed by atoms with Crippen LogP contribution < -0.4 is 10.1 Å². The molecule has 0 spiro atoms. The molecule has 3 nitrogen and oxygen atoms in total. The van der Waals surface area contributed by atoms with E-state index in [1.54, 1.807) is 0 Å². The first kappa shape index (κ1) is 14.1. The molecule has 3 heteroatoms. The van der Waals surface area contributed by atoms with Gasteiger partial charge in [-0.05, 0) is 24.6 Å². The number of hydrogen-bond donors (Lipinski definition) is 1. The van der Waals surface area contributed by atoms with Gasteiger partial charge in [-0.1, -0.05) is 43.3 Å². The van der Waals surface area contributed by atoms with Crippen LogP contribution in [0.3, 0.4) is 0 Å². The van der Waals surface area contributed by atoms with E-state index < -0.39 is 0 Å². The fraction of sp³-hybridized carbons (Fsp3) is 0.235. The van der Waals surface area contributed by atoms with Crippen LogP contribution >= 0.6 is 0 Å². The van der Waals surface area contributed by atoms with E-state index >= 15 is 0 Å². The van der Waals surface area contributed by atoms with Crippen LogP contribution in [0.25, 0.3) is 0 Å². The molecule has 0 aliphatic rings. The normalized spacial score (nSPS) is 10.1. The van der Waals surface area contributed by atoms with Crippen LogP contribution in [0.4, 0.5) is 5.69 Å². The topological polar surface area (TPSA) is 38.3 Å². The molecule has 2 aromatic carbocycles. The Labute approximate surface area is 119 Å². The van der Waals surface area contributed by atoms with Crippen molar-refractivity contribution >= 4 is 11.6 Å². The van der Waals surface area contributed by atoms with Gasteiger partial charge in [-0.2, -0.15) is 0 Å². The number of rotatable bonds is 5. The summed E-state index contributed by atoms with van der Waals surface area (Å²) in [5, 5.41) is 2.89. The van der Waals surface area contributed by atoms with Crippen molar-refractivity contribution < 1.29 is 9.53 Å². The molecule has 2 aromatic rings. The summed E-state index contributed by atoms with van der Waals surface area (Å²) in [6, 6.07) is 15.6. The van der Waals surface area contributed by atoms with E-state index in [0.29, 0.717) is 13.0 Å². The maximum absolute atomic E-state index is 11.5. The number of hydrogen-bond acceptors (Lipinski definition) is 2. The van der Waals surface area contributed by atoms with Gasteiger partial charge in [-0.3, -0.25) is 4.79 Å². The van der Waals surface area contributed by atoms with E-state index in [4.69, 9.17) is 4.74 Å². The highest BCUT2D eigenvalue weighted by Crippen LogP contribution is 2.21. The predicted molar refractivity (Wildman–Crippen MR) is 80.9 cm³/mol. The maximum Gasteiger partial charge on any atom is 0.224 e. The Morgan fingerprint density at radius 2 is 1.80 bits per heavy atom. The highest BCUT2D eigenvalue weighted by Gasteiger charge is 2.06. The lowest BCUT2D eigenvalue weighted by atomic mass is 10.2. The second-order valence-corrected chi connectivity index (χ2v) is 4.61. The van der Waals surface area contributed by atoms with Gasteiger partial charge in [-0.15, -0.1) is 0 Å². The lowest BCUT2D eigenvalue weighted by molar-refractivity contribution is -0.115. The molecule has 1 N–H and O–H groups in total. The van der Waals surface area contributed by atoms with E-state index in [0.717, 1.165) is 22.6 Å². The molecule has 20 heavy (non-hydrogen) atoms. The zero-order valence-corrected chi connectivity index (χ0v) is 11.8. The molecule has 1 amide bonds. The van der Waals surface area contributed by atoms with Crippen molar-refractivity contribution in [1.82, 2.24) is 0 Å². The quantitative estimate of drug-likeness (QED) is 0.893. The fourth-order valence-electron chi connectivity index (χ4n) is 1.88. The Kier molecular flexibility index (Phi) is 4.77. The highest BCUT2D eigenvalue weighted by atomic mass is 16.5. The first-order valence-electron chi connectivity index (χ1n) is 6.77. The molecular weight excluding hydrogens is 250 g/mol. The number of ether oxygens (including phenoxy) is 1. The molecule has 0 radical (unpaired) electrons. The fourth-order valence-corrected chi connectivity index (χ4v) is 1.88. The van der Waals surface area contributed by atoms with E-state index in [9.17, 15) is 4.79 Å². The van der Waals surface area contributed by atoms with Crippen molar-refractivity contribution in [2.45, 2.75) is 26.9 Å². The molecule has 104 valence electrons. The van der Waals surface area contributed by atoms with Gasteiger partial charge in [-0.25, -0.2) is 0 Å². The summed E-state index contributed by atoms with van der Waals surface area (Å²) in [6.07, 6.45) is 0.465. The van der Waals surface area contributed by atoms with Crippen molar-refractivity contribution in [1.29, 1.82) is 0 Å². The monoisotopic (exact) mass is 269 g/mol. The summed E-state index contributed by atoms with van der Waals surface area (Å²) in [5.41, 5.74) is 2.88. The van der Waals surface area contributed by atoms with Crippen LogP contribution in [0, 0.1) is 6.92 Å². The Morgan fingerprint density at radius 1 is 1.10 bits per heavy atom. The number of para-hydroxylation sites is 2. The van der Waals surface area contributed by atoms with Crippen LogP contribution in [0.1, 0.15) is 24.5 Å². The molecular formula is C17H19NO2. The smallest absolute Gasteiger partial charge is 0.224 e. The summed E-state index contributed by atoms with van der Waals surface area (Å²) in [5.74, 6) is 0.873. The average Bonchev–Trinajstić information content (AvgIpc) is 2.47. The third-order valence-electron chi connectivity index (χ3n) is 3.09. The van der Waals surface area contributed by atoms with Crippen molar-refractivity contribution in [3.8, 4) is 5.75 Å². The summed E-state index contributed by atoms with van der Waals surface area (Å²) in [6.45, 7) is 4.28. The van der Waals surface area contributed by atoms with E-state index in [-0.39, 0.29) is 5.91 Å². The van der Waals surface area contributed by atoms with Crippen molar-refractivity contribution in [3.63, 3.8) is 0 Å². The van der Waals surface area contributed by atoms with Crippen molar-refractivity contribution in [3.05, 3.63) is 59.7 Å². The van der Waals surface area contributed by atoms with Crippen molar-refractivity contribution in [2.75, 3.05) is 5.32 Å². The molecule has 0 saturated carbocycles. The van der Waals surface area contributed by atoms with E-state index in [1.807, 2.05) is 62.4 Å². The molecule has 0 atom stereocenters. The van der Waals surface area contributed by atoms with Gasteiger partial charge in [0.25, 0.3) is 0 Å². The van der Waals surface area contributed by atoms with Gasteiger partial charge >= 0.3 is 0 Å². The zero-order valence-electron chi connectivity index (χ0n) is 11.8. The van der Waals surface area contributed by atoms with Gasteiger partial charge in [0.1, 0.15) is 12.4 Å².